The third-order valence-electron chi connectivity index (χ3n) is 4.74. The van der Waals surface area contributed by atoms with Crippen molar-refractivity contribution < 1.29 is 5.11 Å². The zero-order valence-electron chi connectivity index (χ0n) is 10.7. The molecular formula is C15H21NO. The molecular weight excluding hydrogens is 210 g/mol. The summed E-state index contributed by atoms with van der Waals surface area (Å²) in [5, 5.41) is 13.4. The van der Waals surface area contributed by atoms with Crippen LogP contribution in [0.1, 0.15) is 37.8 Å². The van der Waals surface area contributed by atoms with Gasteiger partial charge in [0, 0.05) is 6.04 Å². The zero-order valence-corrected chi connectivity index (χ0v) is 10.7. The Bertz CT molecular complexity index is 439. The van der Waals surface area contributed by atoms with Gasteiger partial charge >= 0.3 is 0 Å². The average Bonchev–Trinajstić information content (AvgIpc) is 2.31. The molecule has 0 spiro atoms. The van der Waals surface area contributed by atoms with Crippen molar-refractivity contribution in [1.29, 1.82) is 0 Å². The number of phenolic OH excluding ortho intramolecular Hbond substituents is 1. The van der Waals surface area contributed by atoms with Crippen LogP contribution in [0.25, 0.3) is 0 Å². The van der Waals surface area contributed by atoms with Gasteiger partial charge in [0.1, 0.15) is 5.75 Å². The Labute approximate surface area is 103 Å². The van der Waals surface area contributed by atoms with Crippen LogP contribution in [0.15, 0.2) is 18.2 Å². The molecule has 1 aliphatic heterocycles. The second kappa shape index (κ2) is 3.74. The maximum Gasteiger partial charge on any atom is 0.115 e. The predicted octanol–water partition coefficient (Wildman–Crippen LogP) is 2.59. The number of aromatic hydroxyl groups is 1. The summed E-state index contributed by atoms with van der Waals surface area (Å²) in [5.41, 5.74) is 2.93. The molecule has 1 aromatic carbocycles. The molecule has 2 aliphatic rings. The van der Waals surface area contributed by atoms with Crippen LogP contribution in [0.4, 0.5) is 0 Å². The van der Waals surface area contributed by atoms with Crippen molar-refractivity contribution in [3.8, 4) is 5.75 Å². The second-order valence-corrected chi connectivity index (χ2v) is 6.08. The van der Waals surface area contributed by atoms with Gasteiger partial charge in [-0.15, -0.1) is 0 Å². The van der Waals surface area contributed by atoms with Crippen LogP contribution >= 0.6 is 0 Å². The van der Waals surface area contributed by atoms with Gasteiger partial charge in [-0.1, -0.05) is 19.9 Å². The normalized spacial score (nSPS) is 30.5. The first-order valence-corrected chi connectivity index (χ1v) is 6.65. The number of fused-ring (bicyclic) bond motifs is 2. The molecule has 1 heterocycles. The summed E-state index contributed by atoms with van der Waals surface area (Å²) in [6.45, 7) is 5.81. The molecule has 1 fully saturated rings. The number of hydrogen-bond donors (Lipinski definition) is 2. The lowest BCUT2D eigenvalue weighted by Crippen LogP contribution is -2.53. The van der Waals surface area contributed by atoms with Crippen LogP contribution in [0.3, 0.4) is 0 Å². The summed E-state index contributed by atoms with van der Waals surface area (Å²) in [5.74, 6) is 1.10. The van der Waals surface area contributed by atoms with Crippen molar-refractivity contribution in [3.63, 3.8) is 0 Å². The summed E-state index contributed by atoms with van der Waals surface area (Å²) in [7, 11) is 0. The molecule has 0 radical (unpaired) electrons. The molecule has 3 rings (SSSR count). The van der Waals surface area contributed by atoms with E-state index in [2.05, 4.69) is 25.2 Å². The SMILES string of the molecule is CC1(C)c2cc(O)ccc2C[C@@H]2NCCC[C@@H]21. The third-order valence-corrected chi connectivity index (χ3v) is 4.74. The van der Waals surface area contributed by atoms with Crippen molar-refractivity contribution in [2.45, 2.75) is 44.6 Å². The molecule has 92 valence electrons. The smallest absolute Gasteiger partial charge is 0.115 e. The summed E-state index contributed by atoms with van der Waals surface area (Å²) in [6.07, 6.45) is 3.70. The molecule has 0 bridgehead atoms. The highest BCUT2D eigenvalue weighted by molar-refractivity contribution is 5.43. The Morgan fingerprint density at radius 1 is 1.35 bits per heavy atom. The molecule has 0 aromatic heterocycles. The Hall–Kier alpha value is -1.02. The van der Waals surface area contributed by atoms with Gasteiger partial charge in [0.2, 0.25) is 0 Å². The summed E-state index contributed by atoms with van der Waals surface area (Å²) in [6, 6.07) is 6.51. The van der Waals surface area contributed by atoms with E-state index in [0.717, 1.165) is 13.0 Å². The van der Waals surface area contributed by atoms with Gasteiger partial charge < -0.3 is 10.4 Å². The van der Waals surface area contributed by atoms with Gasteiger partial charge in [0.25, 0.3) is 0 Å². The van der Waals surface area contributed by atoms with Crippen molar-refractivity contribution in [1.82, 2.24) is 5.32 Å². The number of piperidine rings is 1. The maximum atomic E-state index is 9.70. The molecule has 2 nitrogen and oxygen atoms in total. The quantitative estimate of drug-likeness (QED) is 0.719. The van der Waals surface area contributed by atoms with Crippen LogP contribution in [0.2, 0.25) is 0 Å². The van der Waals surface area contributed by atoms with E-state index in [9.17, 15) is 5.11 Å². The molecule has 2 N–H and O–H groups in total. The lowest BCUT2D eigenvalue weighted by Gasteiger charge is -2.48. The van der Waals surface area contributed by atoms with Gasteiger partial charge in [-0.25, -0.2) is 0 Å². The number of phenols is 1. The topological polar surface area (TPSA) is 32.3 Å². The Balaban J connectivity index is 2.08. The van der Waals surface area contributed by atoms with E-state index in [-0.39, 0.29) is 5.41 Å². The zero-order chi connectivity index (χ0) is 12.0. The highest BCUT2D eigenvalue weighted by atomic mass is 16.3. The minimum absolute atomic E-state index is 0.171. The van der Waals surface area contributed by atoms with Crippen molar-refractivity contribution >= 4 is 0 Å². The van der Waals surface area contributed by atoms with E-state index in [0.29, 0.717) is 17.7 Å². The predicted molar refractivity (Wildman–Crippen MR) is 69.4 cm³/mol. The fourth-order valence-corrected chi connectivity index (χ4v) is 3.81. The first kappa shape index (κ1) is 11.1. The summed E-state index contributed by atoms with van der Waals surface area (Å²) < 4.78 is 0. The first-order valence-electron chi connectivity index (χ1n) is 6.65. The Morgan fingerprint density at radius 2 is 2.18 bits per heavy atom. The fraction of sp³-hybridized carbons (Fsp3) is 0.600. The molecule has 2 heteroatoms. The van der Waals surface area contributed by atoms with Gasteiger partial charge in [-0.2, -0.15) is 0 Å². The van der Waals surface area contributed by atoms with Crippen molar-refractivity contribution in [3.05, 3.63) is 29.3 Å². The molecule has 2 atom stereocenters. The monoisotopic (exact) mass is 231 g/mol. The van der Waals surface area contributed by atoms with Crippen molar-refractivity contribution in [2.24, 2.45) is 5.92 Å². The number of hydrogen-bond acceptors (Lipinski definition) is 2. The van der Waals surface area contributed by atoms with E-state index < -0.39 is 0 Å². The van der Waals surface area contributed by atoms with Gasteiger partial charge in [-0.3, -0.25) is 0 Å². The van der Waals surface area contributed by atoms with Crippen LogP contribution in [-0.2, 0) is 11.8 Å². The van der Waals surface area contributed by atoms with E-state index in [1.807, 2.05) is 12.1 Å². The highest BCUT2D eigenvalue weighted by Crippen LogP contribution is 2.45. The number of nitrogens with one attached hydrogen (secondary N) is 1. The standard InChI is InChI=1S/C15H21NO/c1-15(2)12-4-3-7-16-14(12)8-10-5-6-11(17)9-13(10)15/h5-6,9,12,14,16-17H,3-4,7-8H2,1-2H3/t12-,14-/m0/s1. The molecule has 1 aliphatic carbocycles. The molecule has 0 saturated carbocycles. The van der Waals surface area contributed by atoms with Gasteiger partial charge in [-0.05, 0) is 60.4 Å². The Morgan fingerprint density at radius 3 is 3.00 bits per heavy atom. The molecule has 1 aromatic rings. The molecule has 0 amide bonds. The van der Waals surface area contributed by atoms with Crippen LogP contribution < -0.4 is 5.32 Å². The lowest BCUT2D eigenvalue weighted by molar-refractivity contribution is 0.168. The Kier molecular flexibility index (Phi) is 2.44. The second-order valence-electron chi connectivity index (χ2n) is 6.08. The maximum absolute atomic E-state index is 9.70. The minimum Gasteiger partial charge on any atom is -0.508 e. The van der Waals surface area contributed by atoms with E-state index in [1.54, 1.807) is 0 Å². The third kappa shape index (κ3) is 1.66. The average molecular weight is 231 g/mol. The number of benzene rings is 1. The molecule has 1 saturated heterocycles. The van der Waals surface area contributed by atoms with Crippen LogP contribution in [0.5, 0.6) is 5.75 Å². The fourth-order valence-electron chi connectivity index (χ4n) is 3.81. The molecule has 0 unspecified atom stereocenters. The van der Waals surface area contributed by atoms with E-state index in [4.69, 9.17) is 0 Å². The van der Waals surface area contributed by atoms with E-state index >= 15 is 0 Å². The first-order chi connectivity index (χ1) is 8.09. The lowest BCUT2D eigenvalue weighted by atomic mass is 9.61. The summed E-state index contributed by atoms with van der Waals surface area (Å²) in [4.78, 5) is 0. The largest absolute Gasteiger partial charge is 0.508 e. The summed E-state index contributed by atoms with van der Waals surface area (Å²) >= 11 is 0. The van der Waals surface area contributed by atoms with Crippen molar-refractivity contribution in [2.75, 3.05) is 6.54 Å². The van der Waals surface area contributed by atoms with E-state index in [1.165, 1.54) is 24.0 Å². The highest BCUT2D eigenvalue weighted by Gasteiger charge is 2.43. The van der Waals surface area contributed by atoms with Gasteiger partial charge in [0.05, 0.1) is 0 Å². The van der Waals surface area contributed by atoms with Crippen LogP contribution in [0, 0.1) is 5.92 Å². The van der Waals surface area contributed by atoms with Gasteiger partial charge in [0.15, 0.2) is 0 Å². The minimum atomic E-state index is 0.171. The van der Waals surface area contributed by atoms with Crippen LogP contribution in [-0.4, -0.2) is 17.7 Å². The number of rotatable bonds is 0. The molecule has 17 heavy (non-hydrogen) atoms.